The third-order valence-electron chi connectivity index (χ3n) is 25.7. The number of carbonyl (C=O) groups is 10. The number of aliphatic hydroxyl groups is 1. The number of amides is 9. The molecule has 3 unspecified atom stereocenters. The van der Waals surface area contributed by atoms with Crippen LogP contribution in [0.5, 0.6) is 0 Å². The summed E-state index contributed by atoms with van der Waals surface area (Å²) in [6, 6.07) is -4.81. The fraction of sp³-hybridized carbons (Fsp3) is 0.800. The van der Waals surface area contributed by atoms with Gasteiger partial charge < -0.3 is 126 Å². The minimum absolute atomic E-state index is 0.0227. The van der Waals surface area contributed by atoms with Crippen molar-refractivity contribution in [3.8, 4) is 11.8 Å². The van der Waals surface area contributed by atoms with Gasteiger partial charge in [-0.25, -0.2) is 18.4 Å². The van der Waals surface area contributed by atoms with Crippen LogP contribution in [0.1, 0.15) is 169 Å². The Morgan fingerprint density at radius 2 is 1.24 bits per heavy atom. The Kier molecular flexibility index (Phi) is 43.8. The van der Waals surface area contributed by atoms with Crippen LogP contribution < -0.4 is 59.3 Å². The quantitative estimate of drug-likeness (QED) is 0.0234. The van der Waals surface area contributed by atoms with E-state index in [-0.39, 0.29) is 116 Å². The van der Waals surface area contributed by atoms with E-state index in [2.05, 4.69) is 80.8 Å². The molecule has 0 spiro atoms. The maximum Gasteiger partial charge on any atom is 0.407 e. The van der Waals surface area contributed by atoms with Crippen LogP contribution in [0.3, 0.4) is 0 Å². The smallest absolute Gasteiger partial charge is 0.407 e. The number of carbonyl (C=O) groups excluding carboxylic acids is 10. The summed E-state index contributed by atoms with van der Waals surface area (Å²) < 4.78 is 105. The van der Waals surface area contributed by atoms with Crippen LogP contribution >= 0.6 is 0 Å². The predicted molar refractivity (Wildman–Crippen MR) is 464 cm³/mol. The second-order valence-electron chi connectivity index (χ2n) is 36.1. The molecular formula is C90H147F2N12O23+. The zero-order valence-electron chi connectivity index (χ0n) is 76.1. The lowest BCUT2D eigenvalue weighted by atomic mass is 9.44. The van der Waals surface area contributed by atoms with Crippen molar-refractivity contribution in [1.82, 2.24) is 47.9 Å². The molecule has 0 aromatic rings. The highest BCUT2D eigenvalue weighted by atomic mass is 19.1. The third kappa shape index (κ3) is 31.6. The predicted octanol–water partition coefficient (Wildman–Crippen LogP) is 3.74. The lowest BCUT2D eigenvalue weighted by Crippen LogP contribution is -2.71. The number of alkyl halides is 2. The van der Waals surface area contributed by atoms with Gasteiger partial charge >= 0.3 is 12.1 Å². The number of primary amides is 1. The molecule has 8 aliphatic rings. The SMILES string of the molecule is CCCC1O[C@@H]2C[C@H]3[C@@H]4C[C@H](F)C5=CC(=O)C=C[C@]5(C)[C@@]4(F)[C@@H](O)C[C@]3(C)[C@]2(C(=O)CNC(=O)[C@H](CCCNC(N)=O)NC(=O)[C@@H](NC(=O)[C@@H](CCCCNC(=O)COC2CCCCC/C(NCCOCCOCCOCCOCCC(=O)NCC[N+](C)(C)C)=C\2N)NC(=O)CCOCCOCCOCCOCCNC(=O)OCC2[C@H]3CCC#CCC[C@@H]23)C(C)C)O1. The number of nitrogens with one attached hydrogen (secondary N) is 9. The monoisotopic (exact) mass is 1800 g/mol. The van der Waals surface area contributed by atoms with E-state index in [9.17, 15) is 48.3 Å². The Balaban J connectivity index is 0.802. The molecule has 0 aromatic heterocycles. The number of nitrogens with two attached hydrogens (primary N) is 2. The highest BCUT2D eigenvalue weighted by Crippen LogP contribution is 2.72. The molecule has 0 radical (unpaired) electrons. The summed E-state index contributed by atoms with van der Waals surface area (Å²) in [5.74, 6) is 0.837. The first-order valence-electron chi connectivity index (χ1n) is 46.1. The van der Waals surface area contributed by atoms with E-state index in [0.29, 0.717) is 161 Å². The number of urea groups is 1. The van der Waals surface area contributed by atoms with Gasteiger partial charge in [0, 0.05) is 74.3 Å². The van der Waals surface area contributed by atoms with Crippen LogP contribution in [0.25, 0.3) is 0 Å². The molecule has 8 rings (SSSR count). The van der Waals surface area contributed by atoms with Gasteiger partial charge in [0.25, 0.3) is 0 Å². The number of likely N-dealkylation sites (N-methyl/N-ethyl adjacent to an activating group) is 1. The van der Waals surface area contributed by atoms with Gasteiger partial charge in [0.2, 0.25) is 35.4 Å². The van der Waals surface area contributed by atoms with Crippen molar-refractivity contribution in [3.05, 3.63) is 35.2 Å². The zero-order valence-corrected chi connectivity index (χ0v) is 76.1. The Labute approximate surface area is 747 Å². The van der Waals surface area contributed by atoms with Gasteiger partial charge in [-0.1, -0.05) is 53.0 Å². The second kappa shape index (κ2) is 53.1. The van der Waals surface area contributed by atoms with Crippen LogP contribution in [-0.4, -0.2) is 315 Å². The minimum Gasteiger partial charge on any atom is -0.449 e. The number of aliphatic hydroxyl groups excluding tert-OH is 1. The average molecular weight is 1800 g/mol. The number of rotatable bonds is 60. The molecule has 1 saturated heterocycles. The van der Waals surface area contributed by atoms with Gasteiger partial charge in [-0.05, 0) is 144 Å². The molecule has 0 bridgehead atoms. The molecule has 9 amide bonds. The standard InChI is InChI=1S/C90H146F2N12O23/c1-9-20-79-126-75-55-65-66-54-68(91)67-53-61(105)27-30-87(67,4)89(66,92)73(106)56-88(65,5)90(75,127-79)74(107)57-100-82(111)70(25-19-32-98-85(94)114)102-84(113)81(60(2)3)103-83(112)71(101-77(109)29-38-117-42-46-121-50-52-123-48-44-119-40-35-99-86(115)125-58-64-62-21-13-10-11-14-22-63(62)64)24-17-18-31-96-78(110)59-124-72-26-16-12-15-23-69(80(72)93)95-34-39-118-43-47-122-51-49-120-45-41-116-37-28-76(108)97-33-36-104(6,7)8/h27,30,53,60,62-66,68,70-73,75,79,81,95,106H,9,12-26,28-29,31-52,54-59,93H2,1-8H3,(H9-,94,96,97,98,99,100,101,102,103,108,109,110,111,112,113,114,115)/p+1/b80-69-/t62-,63+,64?,65-,66-,68-,70-,71+,72?,73-,75+,79?,81-,87-,88-,89-,90+/m0/s1. The molecule has 127 heavy (non-hydrogen) atoms. The number of Topliss-reactive ketones (excluding diaryl/α,β-unsaturated/α-hetero) is 1. The van der Waals surface area contributed by atoms with Gasteiger partial charge in [0.05, 0.1) is 177 Å². The van der Waals surface area contributed by atoms with Crippen molar-refractivity contribution in [3.63, 3.8) is 0 Å². The number of nitrogens with zero attached hydrogens (tertiary/aromatic N) is 1. The van der Waals surface area contributed by atoms with E-state index in [4.69, 9.17) is 68.3 Å². The molecule has 17 atom stereocenters. The Hall–Kier alpha value is -7.58. The van der Waals surface area contributed by atoms with Gasteiger partial charge in [-0.3, -0.25) is 38.4 Å². The number of fused-ring (bicyclic) bond motifs is 8. The van der Waals surface area contributed by atoms with Crippen LogP contribution in [0.15, 0.2) is 35.2 Å². The first-order chi connectivity index (χ1) is 60.9. The van der Waals surface area contributed by atoms with E-state index >= 15 is 13.6 Å². The van der Waals surface area contributed by atoms with E-state index in [0.717, 1.165) is 67.7 Å². The maximum atomic E-state index is 18.3. The lowest BCUT2D eigenvalue weighted by Gasteiger charge is -2.63. The number of alkyl carbamates (subject to hydrolysis) is 1. The van der Waals surface area contributed by atoms with Crippen LogP contribution in [0.4, 0.5) is 18.4 Å². The highest BCUT2D eigenvalue weighted by Gasteiger charge is 2.80. The summed E-state index contributed by atoms with van der Waals surface area (Å²) in [6.07, 6.45) is 6.19. The van der Waals surface area contributed by atoms with Crippen molar-refractivity contribution in [2.45, 2.75) is 230 Å². The number of hydrogen-bond acceptors (Lipinski definition) is 25. The Morgan fingerprint density at radius 1 is 0.654 bits per heavy atom. The summed E-state index contributed by atoms with van der Waals surface area (Å²) in [5.41, 5.74) is 5.97. The Bertz CT molecular complexity index is 3700. The minimum atomic E-state index is -2.47. The number of allylic oxidation sites excluding steroid dienone is 5. The fourth-order valence-electron chi connectivity index (χ4n) is 18.8. The summed E-state index contributed by atoms with van der Waals surface area (Å²) in [5, 5.41) is 37.6. The van der Waals surface area contributed by atoms with Gasteiger partial charge in [-0.15, -0.1) is 11.8 Å². The highest BCUT2D eigenvalue weighted by molar-refractivity contribution is 6.01. The Morgan fingerprint density at radius 3 is 1.87 bits per heavy atom. The molecule has 37 heteroatoms. The summed E-state index contributed by atoms with van der Waals surface area (Å²) in [4.78, 5) is 135. The van der Waals surface area contributed by atoms with E-state index in [1.54, 1.807) is 20.8 Å². The number of hydrogen-bond donors (Lipinski definition) is 12. The van der Waals surface area contributed by atoms with Gasteiger partial charge in [-0.2, -0.15) is 0 Å². The molecule has 1 aliphatic heterocycles. The summed E-state index contributed by atoms with van der Waals surface area (Å²) >= 11 is 0. The molecule has 5 fully saturated rings. The van der Waals surface area contributed by atoms with Crippen molar-refractivity contribution >= 4 is 59.1 Å². The third-order valence-corrected chi connectivity index (χ3v) is 25.7. The second-order valence-corrected chi connectivity index (χ2v) is 36.1. The van der Waals surface area contributed by atoms with Crippen molar-refractivity contribution in [2.75, 3.05) is 186 Å². The molecule has 7 aliphatic carbocycles. The maximum absolute atomic E-state index is 18.3. The zero-order chi connectivity index (χ0) is 92.0. The molecule has 0 aromatic carbocycles. The molecule has 4 saturated carbocycles. The number of ether oxygens (including phenoxy) is 12. The van der Waals surface area contributed by atoms with Crippen molar-refractivity contribution in [2.24, 2.45) is 57.8 Å². The average Bonchev–Trinajstić information content (AvgIpc) is 1.55. The summed E-state index contributed by atoms with van der Waals surface area (Å²) in [6.45, 7) is 14.9. The molecule has 14 N–H and O–H groups in total. The number of unbranched alkanes of at least 4 members (excludes halogenated alkanes) is 1. The molecule has 35 nitrogen and oxygen atoms in total. The fourth-order valence-corrected chi connectivity index (χ4v) is 18.8. The molecule has 718 valence electrons. The first-order valence-corrected chi connectivity index (χ1v) is 46.1. The molecular weight excluding hydrogens is 1660 g/mol. The van der Waals surface area contributed by atoms with Crippen molar-refractivity contribution in [1.29, 1.82) is 0 Å². The van der Waals surface area contributed by atoms with Crippen LogP contribution in [0.2, 0.25) is 0 Å². The van der Waals surface area contributed by atoms with Gasteiger partial charge in [0.1, 0.15) is 30.9 Å². The van der Waals surface area contributed by atoms with E-state index < -0.39 is 149 Å². The van der Waals surface area contributed by atoms with Gasteiger partial charge in [0.15, 0.2) is 29.1 Å². The largest absolute Gasteiger partial charge is 0.449 e. The lowest BCUT2D eigenvalue weighted by molar-refractivity contribution is -0.869. The van der Waals surface area contributed by atoms with Crippen molar-refractivity contribution < 1.29 is 123 Å². The molecule has 1 heterocycles. The number of ketones is 2. The first kappa shape index (κ1) is 105. The summed E-state index contributed by atoms with van der Waals surface area (Å²) in [7, 11) is 6.21. The topological polar surface area (TPSA) is 462 Å². The van der Waals surface area contributed by atoms with Crippen LogP contribution in [0, 0.1) is 58.2 Å². The number of halogens is 2. The van der Waals surface area contributed by atoms with E-state index in [1.807, 2.05) is 6.92 Å². The number of quaternary nitrogens is 1. The normalized spacial score (nSPS) is 27.7. The van der Waals surface area contributed by atoms with Crippen LogP contribution in [-0.2, 0) is 95.2 Å². The van der Waals surface area contributed by atoms with E-state index in [1.165, 1.54) is 19.1 Å².